The van der Waals surface area contributed by atoms with Gasteiger partial charge in [-0.25, -0.2) is 14.0 Å². The van der Waals surface area contributed by atoms with E-state index in [-0.39, 0.29) is 18.0 Å². The number of carbonyl (C=O) groups excluding carboxylic acids is 2. The molecule has 1 atom stereocenters. The first-order valence-corrected chi connectivity index (χ1v) is 8.96. The van der Waals surface area contributed by atoms with Gasteiger partial charge in [0.15, 0.2) is 0 Å². The first-order valence-electron chi connectivity index (χ1n) is 7.98. The summed E-state index contributed by atoms with van der Waals surface area (Å²) in [7, 11) is 0. The van der Waals surface area contributed by atoms with E-state index in [1.165, 1.54) is 30.2 Å². The summed E-state index contributed by atoms with van der Waals surface area (Å²) >= 11 is 1.37. The number of furan rings is 1. The van der Waals surface area contributed by atoms with Gasteiger partial charge in [-0.1, -0.05) is 0 Å². The fraction of sp³-hybridized carbons (Fsp3) is 0.222. The van der Waals surface area contributed by atoms with Gasteiger partial charge in [-0.2, -0.15) is 0 Å². The smallest absolute Gasteiger partial charge is 0.338 e. The van der Waals surface area contributed by atoms with Gasteiger partial charge in [0.25, 0.3) is 0 Å². The van der Waals surface area contributed by atoms with Crippen LogP contribution in [-0.4, -0.2) is 24.4 Å². The minimum Gasteiger partial charge on any atom is -0.467 e. The Morgan fingerprint density at radius 2 is 2.08 bits per heavy atom. The second-order valence-electron chi connectivity index (χ2n) is 5.40. The van der Waals surface area contributed by atoms with Gasteiger partial charge in [0.2, 0.25) is 0 Å². The molecule has 0 bridgehead atoms. The highest BCUT2D eigenvalue weighted by atomic mass is 32.2. The molecule has 26 heavy (non-hydrogen) atoms. The maximum atomic E-state index is 13.0. The van der Waals surface area contributed by atoms with Gasteiger partial charge in [-0.3, -0.25) is 0 Å². The topological polar surface area (TPSA) is 80.6 Å². The predicted molar refractivity (Wildman–Crippen MR) is 93.9 cm³/mol. The van der Waals surface area contributed by atoms with Gasteiger partial charge >= 0.3 is 12.0 Å². The van der Waals surface area contributed by atoms with Crippen LogP contribution in [0.3, 0.4) is 0 Å². The van der Waals surface area contributed by atoms with Gasteiger partial charge in [0.1, 0.15) is 17.6 Å². The first-order chi connectivity index (χ1) is 12.6. The minimum atomic E-state index is -0.735. The molecule has 8 heteroatoms. The number of hydrogen-bond acceptors (Lipinski definition) is 5. The molecular weight excluding hydrogens is 359 g/mol. The fourth-order valence-corrected chi connectivity index (χ4v) is 3.40. The zero-order valence-corrected chi connectivity index (χ0v) is 14.8. The third-order valence-electron chi connectivity index (χ3n) is 3.67. The zero-order valence-electron chi connectivity index (χ0n) is 14.0. The number of ether oxygens (including phenoxy) is 1. The lowest BCUT2D eigenvalue weighted by Crippen LogP contribution is -2.46. The normalized spacial score (nSPS) is 16.8. The van der Waals surface area contributed by atoms with Crippen LogP contribution in [0.5, 0.6) is 0 Å². The number of hydrogen-bond donors (Lipinski definition) is 2. The molecule has 2 N–H and O–H groups in total. The Hall–Kier alpha value is -2.74. The highest BCUT2D eigenvalue weighted by molar-refractivity contribution is 7.99. The lowest BCUT2D eigenvalue weighted by Gasteiger charge is -2.27. The van der Waals surface area contributed by atoms with E-state index in [1.54, 1.807) is 31.2 Å². The molecule has 136 valence electrons. The second-order valence-corrected chi connectivity index (χ2v) is 6.45. The van der Waals surface area contributed by atoms with Crippen LogP contribution < -0.4 is 10.6 Å². The number of amides is 2. The number of nitrogens with one attached hydrogen (secondary N) is 2. The maximum absolute atomic E-state index is 13.0. The number of urea groups is 1. The fourth-order valence-electron chi connectivity index (χ4n) is 2.54. The van der Waals surface area contributed by atoms with Gasteiger partial charge in [-0.15, -0.1) is 11.8 Å². The summed E-state index contributed by atoms with van der Waals surface area (Å²) in [5.41, 5.74) is 0.721. The number of thioether (sulfide) groups is 1. The molecule has 3 rings (SSSR count). The van der Waals surface area contributed by atoms with Crippen molar-refractivity contribution in [3.05, 3.63) is 65.5 Å². The van der Waals surface area contributed by atoms with Crippen molar-refractivity contribution in [3.63, 3.8) is 0 Å². The number of rotatable bonds is 6. The molecule has 1 aromatic carbocycles. The molecule has 1 unspecified atom stereocenters. The minimum absolute atomic E-state index is 0.208. The van der Waals surface area contributed by atoms with Crippen LogP contribution in [0.4, 0.5) is 9.18 Å². The molecule has 2 amide bonds. The Labute approximate surface area is 153 Å². The molecule has 0 aliphatic carbocycles. The van der Waals surface area contributed by atoms with E-state index >= 15 is 0 Å². The first kappa shape index (κ1) is 18.1. The van der Waals surface area contributed by atoms with Gasteiger partial charge in [0, 0.05) is 16.3 Å². The maximum Gasteiger partial charge on any atom is 0.338 e. The standard InChI is InChI=1S/C18H17FN2O4S/c1-2-24-17(22)15-13(10-26-12-7-5-11(19)6-8-12)20-18(23)21-16(15)14-4-3-9-25-14/h3-9,16H,2,10H2,1H3,(H2,20,21,23). The van der Waals surface area contributed by atoms with Crippen LogP contribution in [0, 0.1) is 5.82 Å². The predicted octanol–water partition coefficient (Wildman–Crippen LogP) is 3.38. The largest absolute Gasteiger partial charge is 0.467 e. The Morgan fingerprint density at radius 3 is 2.73 bits per heavy atom. The second kappa shape index (κ2) is 8.09. The van der Waals surface area contributed by atoms with Crippen LogP contribution in [0.1, 0.15) is 18.7 Å². The van der Waals surface area contributed by atoms with Crippen LogP contribution in [-0.2, 0) is 9.53 Å². The average Bonchev–Trinajstić information content (AvgIpc) is 3.15. The third kappa shape index (κ3) is 4.08. The molecule has 0 saturated heterocycles. The van der Waals surface area contributed by atoms with Gasteiger partial charge in [-0.05, 0) is 43.3 Å². The van der Waals surface area contributed by atoms with E-state index in [0.717, 1.165) is 4.90 Å². The number of esters is 1. The van der Waals surface area contributed by atoms with Crippen molar-refractivity contribution in [3.8, 4) is 0 Å². The molecule has 0 fully saturated rings. The van der Waals surface area contributed by atoms with E-state index in [9.17, 15) is 14.0 Å². The van der Waals surface area contributed by atoms with Crippen molar-refractivity contribution < 1.29 is 23.1 Å². The van der Waals surface area contributed by atoms with Crippen LogP contribution in [0.25, 0.3) is 0 Å². The highest BCUT2D eigenvalue weighted by Crippen LogP contribution is 2.31. The summed E-state index contributed by atoms with van der Waals surface area (Å²) in [6.45, 7) is 1.92. The molecule has 6 nitrogen and oxygen atoms in total. The van der Waals surface area contributed by atoms with Gasteiger partial charge in [0.05, 0.1) is 18.4 Å². The third-order valence-corrected chi connectivity index (χ3v) is 4.71. The summed E-state index contributed by atoms with van der Waals surface area (Å²) in [4.78, 5) is 25.4. The van der Waals surface area contributed by atoms with Crippen molar-refractivity contribution in [1.82, 2.24) is 10.6 Å². The van der Waals surface area contributed by atoms with E-state index in [0.29, 0.717) is 17.2 Å². The Morgan fingerprint density at radius 1 is 1.31 bits per heavy atom. The van der Waals surface area contributed by atoms with Crippen molar-refractivity contribution in [2.45, 2.75) is 17.9 Å². The molecule has 1 aliphatic heterocycles. The molecule has 0 radical (unpaired) electrons. The summed E-state index contributed by atoms with van der Waals surface area (Å²) < 4.78 is 23.6. The molecule has 1 aromatic heterocycles. The molecule has 1 aliphatic rings. The molecule has 0 saturated carbocycles. The van der Waals surface area contributed by atoms with Crippen LogP contribution in [0.2, 0.25) is 0 Å². The average molecular weight is 376 g/mol. The van der Waals surface area contributed by atoms with E-state index in [4.69, 9.17) is 9.15 Å². The zero-order chi connectivity index (χ0) is 18.5. The molecular formula is C18H17FN2O4S. The van der Waals surface area contributed by atoms with E-state index < -0.39 is 18.0 Å². The van der Waals surface area contributed by atoms with Crippen molar-refractivity contribution >= 4 is 23.8 Å². The summed E-state index contributed by atoms with van der Waals surface area (Å²) in [5, 5.41) is 5.35. The summed E-state index contributed by atoms with van der Waals surface area (Å²) in [5.74, 6) is -0.109. The van der Waals surface area contributed by atoms with Gasteiger partial charge < -0.3 is 19.8 Å². The van der Waals surface area contributed by atoms with E-state index in [1.807, 2.05) is 0 Å². The lowest BCUT2D eigenvalue weighted by molar-refractivity contribution is -0.139. The molecule has 2 heterocycles. The highest BCUT2D eigenvalue weighted by Gasteiger charge is 2.35. The Kier molecular flexibility index (Phi) is 5.62. The van der Waals surface area contributed by atoms with E-state index in [2.05, 4.69) is 10.6 Å². The van der Waals surface area contributed by atoms with Crippen LogP contribution >= 0.6 is 11.8 Å². The Bertz CT molecular complexity index is 818. The molecule has 0 spiro atoms. The Balaban J connectivity index is 1.91. The number of halogens is 1. The summed E-state index contributed by atoms with van der Waals surface area (Å²) in [6.07, 6.45) is 1.47. The van der Waals surface area contributed by atoms with Crippen molar-refractivity contribution in [2.24, 2.45) is 0 Å². The number of carbonyl (C=O) groups is 2. The molecule has 2 aromatic rings. The monoisotopic (exact) mass is 376 g/mol. The number of benzene rings is 1. The quantitative estimate of drug-likeness (QED) is 0.597. The summed E-state index contributed by atoms with van der Waals surface area (Å²) in [6, 6.07) is 8.18. The van der Waals surface area contributed by atoms with Crippen LogP contribution in [0.15, 0.2) is 63.2 Å². The van der Waals surface area contributed by atoms with Crippen molar-refractivity contribution in [1.29, 1.82) is 0 Å². The SMILES string of the molecule is CCOC(=O)C1=C(CSc2ccc(F)cc2)NC(=O)NC1c1ccco1. The van der Waals surface area contributed by atoms with Crippen molar-refractivity contribution in [2.75, 3.05) is 12.4 Å². The lowest BCUT2D eigenvalue weighted by atomic mass is 10.0.